The van der Waals surface area contributed by atoms with E-state index >= 15 is 0 Å². The normalized spacial score (nSPS) is 15.0. The van der Waals surface area contributed by atoms with Gasteiger partial charge in [-0.1, -0.05) is 30.8 Å². The molecule has 0 radical (unpaired) electrons. The van der Waals surface area contributed by atoms with E-state index in [-0.39, 0.29) is 0 Å². The minimum absolute atomic E-state index is 0.322. The van der Waals surface area contributed by atoms with Gasteiger partial charge in [-0.2, -0.15) is 5.10 Å². The van der Waals surface area contributed by atoms with Gasteiger partial charge in [0.1, 0.15) is 5.82 Å². The van der Waals surface area contributed by atoms with Crippen molar-refractivity contribution in [1.82, 2.24) is 15.1 Å². The average molecular weight is 308 g/mol. The van der Waals surface area contributed by atoms with E-state index in [1.54, 1.807) is 23.3 Å². The van der Waals surface area contributed by atoms with Crippen LogP contribution in [0.1, 0.15) is 11.1 Å². The molecule has 1 aromatic heterocycles. The second-order valence-corrected chi connectivity index (χ2v) is 5.53. The Morgan fingerprint density at radius 3 is 2.61 bits per heavy atom. The maximum absolute atomic E-state index is 5.65. The van der Waals surface area contributed by atoms with Crippen molar-refractivity contribution >= 4 is 17.6 Å². The van der Waals surface area contributed by atoms with Crippen LogP contribution in [-0.2, 0) is 12.8 Å². The van der Waals surface area contributed by atoms with E-state index in [9.17, 15) is 0 Å². The van der Waals surface area contributed by atoms with Gasteiger partial charge in [0.15, 0.2) is 0 Å². The minimum atomic E-state index is 0.322. The summed E-state index contributed by atoms with van der Waals surface area (Å²) in [5.41, 5.74) is 15.2. The highest BCUT2D eigenvalue weighted by Crippen LogP contribution is 2.22. The van der Waals surface area contributed by atoms with Gasteiger partial charge >= 0.3 is 0 Å². The van der Waals surface area contributed by atoms with Gasteiger partial charge in [-0.15, -0.1) is 0 Å². The Kier molecular flexibility index (Phi) is 4.14. The number of benzene rings is 1. The smallest absolute Gasteiger partial charge is 0.118 e. The molecule has 6 heteroatoms. The highest BCUT2D eigenvalue weighted by Gasteiger charge is 2.20. The number of fused-ring (bicyclic) bond motifs is 1. The molecule has 1 aliphatic carbocycles. The van der Waals surface area contributed by atoms with E-state index in [1.165, 1.54) is 17.3 Å². The van der Waals surface area contributed by atoms with Crippen molar-refractivity contribution in [1.29, 1.82) is 0 Å². The number of hydrogen-bond acceptors (Lipinski definition) is 5. The molecular formula is C17H20N6. The van der Waals surface area contributed by atoms with E-state index in [1.807, 2.05) is 0 Å². The maximum Gasteiger partial charge on any atom is 0.118 e. The third-order valence-corrected chi connectivity index (χ3v) is 3.81. The van der Waals surface area contributed by atoms with E-state index in [0.717, 1.165) is 12.8 Å². The molecule has 2 aromatic rings. The molecule has 1 heterocycles. The number of rotatable bonds is 5. The first kappa shape index (κ1) is 14.9. The number of nitrogen functional groups attached to an aromatic ring is 1. The molecule has 0 spiro atoms. The van der Waals surface area contributed by atoms with Crippen LogP contribution in [0.2, 0.25) is 0 Å². The van der Waals surface area contributed by atoms with Crippen molar-refractivity contribution in [3.8, 4) is 0 Å². The summed E-state index contributed by atoms with van der Waals surface area (Å²) in [5.74, 6) is 0.599. The van der Waals surface area contributed by atoms with Crippen LogP contribution in [0.3, 0.4) is 0 Å². The van der Waals surface area contributed by atoms with Gasteiger partial charge in [-0.25, -0.2) is 9.67 Å². The molecule has 0 unspecified atom stereocenters. The fourth-order valence-corrected chi connectivity index (χ4v) is 2.73. The van der Waals surface area contributed by atoms with Gasteiger partial charge < -0.3 is 16.8 Å². The zero-order valence-electron chi connectivity index (χ0n) is 12.8. The Morgan fingerprint density at radius 1 is 1.35 bits per heavy atom. The molecule has 1 aliphatic rings. The third kappa shape index (κ3) is 3.42. The molecule has 0 bridgehead atoms. The topological polar surface area (TPSA) is 94.2 Å². The maximum atomic E-state index is 5.65. The summed E-state index contributed by atoms with van der Waals surface area (Å²) in [6.07, 6.45) is 8.24. The molecule has 0 saturated heterocycles. The van der Waals surface area contributed by atoms with E-state index in [0.29, 0.717) is 23.2 Å². The van der Waals surface area contributed by atoms with E-state index in [4.69, 9.17) is 11.5 Å². The van der Waals surface area contributed by atoms with Crippen LogP contribution in [-0.4, -0.2) is 22.0 Å². The Balaban J connectivity index is 1.59. The highest BCUT2D eigenvalue weighted by molar-refractivity contribution is 6.02. The predicted molar refractivity (Wildman–Crippen MR) is 93.5 cm³/mol. The second-order valence-electron chi connectivity index (χ2n) is 5.53. The SMILES string of the molecule is C=C(N=C/C(=C\N)n1cc(N)cn1)NC1Cc2ccccc2C1. The van der Waals surface area contributed by atoms with Crippen molar-refractivity contribution in [2.24, 2.45) is 10.7 Å². The lowest BCUT2D eigenvalue weighted by Crippen LogP contribution is -2.27. The zero-order chi connectivity index (χ0) is 16.2. The van der Waals surface area contributed by atoms with Crippen LogP contribution in [0.15, 0.2) is 60.3 Å². The summed E-state index contributed by atoms with van der Waals surface area (Å²) in [4.78, 5) is 4.33. The molecule has 0 atom stereocenters. The van der Waals surface area contributed by atoms with E-state index < -0.39 is 0 Å². The van der Waals surface area contributed by atoms with Crippen molar-refractivity contribution in [2.45, 2.75) is 18.9 Å². The van der Waals surface area contributed by atoms with Crippen molar-refractivity contribution in [3.63, 3.8) is 0 Å². The van der Waals surface area contributed by atoms with Crippen LogP contribution in [0.4, 0.5) is 5.69 Å². The standard InChI is InChI=1S/C17H20N6/c1-12(20-10-17(8-18)23-11-15(19)9-21-23)22-16-6-13-4-2-3-5-14(13)7-16/h2-5,8-11,16,22H,1,6-7,18-19H2/b17-8+,20-10?. The van der Waals surface area contributed by atoms with Crippen molar-refractivity contribution < 1.29 is 0 Å². The Hall–Kier alpha value is -3.02. The Labute approximate surface area is 135 Å². The van der Waals surface area contributed by atoms with Gasteiger partial charge in [0.05, 0.1) is 30.0 Å². The molecule has 23 heavy (non-hydrogen) atoms. The van der Waals surface area contributed by atoms with E-state index in [2.05, 4.69) is 46.3 Å². The van der Waals surface area contributed by atoms with Crippen molar-refractivity contribution in [3.05, 3.63) is 66.4 Å². The number of anilines is 1. The molecule has 1 aromatic carbocycles. The summed E-state index contributed by atoms with van der Waals surface area (Å²) >= 11 is 0. The average Bonchev–Trinajstić information content (AvgIpc) is 3.13. The second kappa shape index (κ2) is 6.39. The lowest BCUT2D eigenvalue weighted by molar-refractivity contribution is 0.594. The molecular weight excluding hydrogens is 288 g/mol. The number of aliphatic imine (C=N–C) groups is 1. The first-order chi connectivity index (χ1) is 11.2. The van der Waals surface area contributed by atoms with Gasteiger partial charge in [0.25, 0.3) is 0 Å². The molecule has 3 rings (SSSR count). The van der Waals surface area contributed by atoms with Gasteiger partial charge in [-0.3, -0.25) is 0 Å². The summed E-state index contributed by atoms with van der Waals surface area (Å²) in [5, 5.41) is 7.44. The molecule has 0 amide bonds. The van der Waals surface area contributed by atoms with Crippen LogP contribution >= 0.6 is 0 Å². The molecule has 0 fully saturated rings. The number of nitrogens with zero attached hydrogens (tertiary/aromatic N) is 3. The zero-order valence-corrected chi connectivity index (χ0v) is 12.8. The van der Waals surface area contributed by atoms with Gasteiger partial charge in [0, 0.05) is 12.2 Å². The summed E-state index contributed by atoms with van der Waals surface area (Å²) in [7, 11) is 0. The van der Waals surface area contributed by atoms with Gasteiger partial charge in [0.2, 0.25) is 0 Å². The molecule has 5 N–H and O–H groups in total. The van der Waals surface area contributed by atoms with Crippen LogP contribution in [0.25, 0.3) is 5.70 Å². The first-order valence-electron chi connectivity index (χ1n) is 7.44. The lowest BCUT2D eigenvalue weighted by atomic mass is 10.1. The largest absolute Gasteiger partial charge is 0.403 e. The third-order valence-electron chi connectivity index (χ3n) is 3.81. The fourth-order valence-electron chi connectivity index (χ4n) is 2.73. The number of nitrogens with one attached hydrogen (secondary N) is 1. The summed E-state index contributed by atoms with van der Waals surface area (Å²) in [6, 6.07) is 8.80. The number of allylic oxidation sites excluding steroid dienone is 1. The molecule has 118 valence electrons. The Morgan fingerprint density at radius 2 is 2.04 bits per heavy atom. The van der Waals surface area contributed by atoms with Crippen molar-refractivity contribution in [2.75, 3.05) is 5.73 Å². The predicted octanol–water partition coefficient (Wildman–Crippen LogP) is 1.52. The quantitative estimate of drug-likeness (QED) is 0.730. The molecule has 0 saturated carbocycles. The first-order valence-corrected chi connectivity index (χ1v) is 7.44. The van der Waals surface area contributed by atoms with Crippen LogP contribution in [0, 0.1) is 0 Å². The monoisotopic (exact) mass is 308 g/mol. The van der Waals surface area contributed by atoms with Gasteiger partial charge in [-0.05, 0) is 24.0 Å². The lowest BCUT2D eigenvalue weighted by Gasteiger charge is -2.12. The molecule has 6 nitrogen and oxygen atoms in total. The minimum Gasteiger partial charge on any atom is -0.403 e. The number of hydrogen-bond donors (Lipinski definition) is 3. The summed E-state index contributed by atoms with van der Waals surface area (Å²) < 4.78 is 1.57. The fraction of sp³-hybridized carbons (Fsp3) is 0.176. The number of aromatic nitrogens is 2. The number of nitrogens with two attached hydrogens (primary N) is 2. The highest BCUT2D eigenvalue weighted by atomic mass is 15.3. The molecule has 0 aliphatic heterocycles. The van der Waals surface area contributed by atoms with Crippen LogP contribution < -0.4 is 16.8 Å². The summed E-state index contributed by atoms with van der Waals surface area (Å²) in [6.45, 7) is 3.95. The van der Waals surface area contributed by atoms with Crippen LogP contribution in [0.5, 0.6) is 0 Å². The Bertz CT molecular complexity index is 746.